The molecule has 0 aliphatic carbocycles. The highest BCUT2D eigenvalue weighted by atomic mass is 16.5. The number of nitrogens with zero attached hydrogens (tertiary/aromatic N) is 3. The van der Waals surface area contributed by atoms with E-state index in [1.807, 2.05) is 30.5 Å². The van der Waals surface area contributed by atoms with Crippen LogP contribution in [-0.2, 0) is 0 Å². The Balaban J connectivity index is 2.05. The standard InChI is InChI=1S/C15H18N4O/c1-20-14-5-3-2-4-12(14)15-13(10-17-11-18-15)19-8-6-16-7-9-19/h2-5,10-11,16H,6-9H2,1H3. The number of ether oxygens (including phenoxy) is 1. The predicted octanol–water partition coefficient (Wildman–Crippen LogP) is 1.56. The Labute approximate surface area is 118 Å². The smallest absolute Gasteiger partial charge is 0.128 e. The van der Waals surface area contributed by atoms with Crippen LogP contribution in [0.1, 0.15) is 0 Å². The van der Waals surface area contributed by atoms with Gasteiger partial charge >= 0.3 is 0 Å². The number of piperazine rings is 1. The summed E-state index contributed by atoms with van der Waals surface area (Å²) in [6, 6.07) is 7.96. The molecule has 20 heavy (non-hydrogen) atoms. The molecule has 1 fully saturated rings. The van der Waals surface area contributed by atoms with Gasteiger partial charge in [0.05, 0.1) is 19.0 Å². The highest BCUT2D eigenvalue weighted by molar-refractivity contribution is 5.78. The van der Waals surface area contributed by atoms with E-state index in [1.165, 1.54) is 0 Å². The van der Waals surface area contributed by atoms with Crippen molar-refractivity contribution in [1.82, 2.24) is 15.3 Å². The zero-order valence-electron chi connectivity index (χ0n) is 11.5. The van der Waals surface area contributed by atoms with Crippen molar-refractivity contribution in [3.63, 3.8) is 0 Å². The van der Waals surface area contributed by atoms with Gasteiger partial charge in [0.2, 0.25) is 0 Å². The van der Waals surface area contributed by atoms with Crippen molar-refractivity contribution in [3.05, 3.63) is 36.8 Å². The average molecular weight is 270 g/mol. The Kier molecular flexibility index (Phi) is 3.78. The van der Waals surface area contributed by atoms with Gasteiger partial charge < -0.3 is 15.0 Å². The van der Waals surface area contributed by atoms with E-state index in [-0.39, 0.29) is 0 Å². The Morgan fingerprint density at radius 1 is 1.20 bits per heavy atom. The van der Waals surface area contributed by atoms with Crippen LogP contribution < -0.4 is 15.0 Å². The normalized spacial score (nSPS) is 15.2. The van der Waals surface area contributed by atoms with Gasteiger partial charge in [-0.3, -0.25) is 0 Å². The Morgan fingerprint density at radius 3 is 2.80 bits per heavy atom. The second-order valence-electron chi connectivity index (χ2n) is 4.69. The van der Waals surface area contributed by atoms with Gasteiger partial charge in [-0.05, 0) is 12.1 Å². The number of rotatable bonds is 3. The van der Waals surface area contributed by atoms with E-state index in [0.717, 1.165) is 48.9 Å². The van der Waals surface area contributed by atoms with Crippen LogP contribution in [0.25, 0.3) is 11.3 Å². The SMILES string of the molecule is COc1ccccc1-c1ncncc1N1CCNCC1. The number of anilines is 1. The van der Waals surface area contributed by atoms with Crippen LogP contribution in [0.2, 0.25) is 0 Å². The zero-order chi connectivity index (χ0) is 13.8. The van der Waals surface area contributed by atoms with Crippen LogP contribution in [0.15, 0.2) is 36.8 Å². The van der Waals surface area contributed by atoms with Gasteiger partial charge in [-0.2, -0.15) is 0 Å². The molecule has 0 bridgehead atoms. The molecule has 5 heteroatoms. The maximum atomic E-state index is 5.45. The lowest BCUT2D eigenvalue weighted by molar-refractivity contribution is 0.416. The first-order chi connectivity index (χ1) is 9.90. The molecule has 1 aliphatic heterocycles. The van der Waals surface area contributed by atoms with Crippen molar-refractivity contribution in [2.24, 2.45) is 0 Å². The van der Waals surface area contributed by atoms with Crippen molar-refractivity contribution in [2.45, 2.75) is 0 Å². The van der Waals surface area contributed by atoms with Crippen molar-refractivity contribution in [1.29, 1.82) is 0 Å². The summed E-state index contributed by atoms with van der Waals surface area (Å²) in [5.74, 6) is 0.836. The van der Waals surface area contributed by atoms with Crippen LogP contribution in [0.5, 0.6) is 5.75 Å². The summed E-state index contributed by atoms with van der Waals surface area (Å²) >= 11 is 0. The van der Waals surface area contributed by atoms with Gasteiger partial charge in [-0.15, -0.1) is 0 Å². The zero-order valence-corrected chi connectivity index (χ0v) is 11.5. The minimum absolute atomic E-state index is 0.836. The predicted molar refractivity (Wildman–Crippen MR) is 79.1 cm³/mol. The number of nitrogens with one attached hydrogen (secondary N) is 1. The topological polar surface area (TPSA) is 50.3 Å². The quantitative estimate of drug-likeness (QED) is 0.917. The third-order valence-corrected chi connectivity index (χ3v) is 3.51. The number of methoxy groups -OCH3 is 1. The first-order valence-electron chi connectivity index (χ1n) is 6.79. The molecular formula is C15H18N4O. The molecule has 1 saturated heterocycles. The van der Waals surface area contributed by atoms with Crippen molar-refractivity contribution in [2.75, 3.05) is 38.2 Å². The molecule has 0 saturated carbocycles. The van der Waals surface area contributed by atoms with Crippen LogP contribution in [-0.4, -0.2) is 43.3 Å². The average Bonchev–Trinajstić information content (AvgIpc) is 2.55. The molecule has 0 atom stereocenters. The minimum atomic E-state index is 0.836. The molecule has 104 valence electrons. The van der Waals surface area contributed by atoms with E-state index < -0.39 is 0 Å². The van der Waals surface area contributed by atoms with Gasteiger partial charge in [0.25, 0.3) is 0 Å². The molecule has 1 aromatic carbocycles. The van der Waals surface area contributed by atoms with Crippen molar-refractivity contribution < 1.29 is 4.74 Å². The van der Waals surface area contributed by atoms with Gasteiger partial charge in [0.1, 0.15) is 17.8 Å². The van der Waals surface area contributed by atoms with Gasteiger partial charge in [0.15, 0.2) is 0 Å². The third-order valence-electron chi connectivity index (χ3n) is 3.51. The van der Waals surface area contributed by atoms with E-state index in [2.05, 4.69) is 20.2 Å². The molecule has 0 radical (unpaired) electrons. The number of aromatic nitrogens is 2. The monoisotopic (exact) mass is 270 g/mol. The maximum Gasteiger partial charge on any atom is 0.128 e. The number of benzene rings is 1. The summed E-state index contributed by atoms with van der Waals surface area (Å²) in [5, 5.41) is 3.36. The van der Waals surface area contributed by atoms with Crippen LogP contribution >= 0.6 is 0 Å². The van der Waals surface area contributed by atoms with E-state index in [1.54, 1.807) is 13.4 Å². The molecule has 5 nitrogen and oxygen atoms in total. The van der Waals surface area contributed by atoms with Crippen LogP contribution in [0.4, 0.5) is 5.69 Å². The fourth-order valence-corrected chi connectivity index (χ4v) is 2.51. The molecular weight excluding hydrogens is 252 g/mol. The lowest BCUT2D eigenvalue weighted by Gasteiger charge is -2.30. The first-order valence-corrected chi connectivity index (χ1v) is 6.79. The minimum Gasteiger partial charge on any atom is -0.496 e. The van der Waals surface area contributed by atoms with Crippen molar-refractivity contribution in [3.8, 4) is 17.0 Å². The molecule has 0 spiro atoms. The lowest BCUT2D eigenvalue weighted by atomic mass is 10.1. The van der Waals surface area contributed by atoms with E-state index in [0.29, 0.717) is 0 Å². The molecule has 0 unspecified atom stereocenters. The molecule has 0 amide bonds. The molecule has 1 N–H and O–H groups in total. The van der Waals surface area contributed by atoms with E-state index >= 15 is 0 Å². The summed E-state index contributed by atoms with van der Waals surface area (Å²) < 4.78 is 5.45. The molecule has 3 rings (SSSR count). The third kappa shape index (κ3) is 2.44. The highest BCUT2D eigenvalue weighted by Crippen LogP contribution is 2.34. The summed E-state index contributed by atoms with van der Waals surface area (Å²) in [6.07, 6.45) is 3.48. The second kappa shape index (κ2) is 5.88. The number of hydrogen-bond acceptors (Lipinski definition) is 5. The van der Waals surface area contributed by atoms with E-state index in [4.69, 9.17) is 4.74 Å². The fraction of sp³-hybridized carbons (Fsp3) is 0.333. The first kappa shape index (κ1) is 12.9. The summed E-state index contributed by atoms with van der Waals surface area (Å²) in [6.45, 7) is 3.91. The molecule has 2 heterocycles. The number of para-hydroxylation sites is 1. The Bertz CT molecular complexity index is 582. The van der Waals surface area contributed by atoms with E-state index in [9.17, 15) is 0 Å². The fourth-order valence-electron chi connectivity index (χ4n) is 2.51. The highest BCUT2D eigenvalue weighted by Gasteiger charge is 2.18. The molecule has 1 aliphatic rings. The van der Waals surface area contributed by atoms with Crippen molar-refractivity contribution >= 4 is 5.69 Å². The van der Waals surface area contributed by atoms with Crippen LogP contribution in [0, 0.1) is 0 Å². The summed E-state index contributed by atoms with van der Waals surface area (Å²) in [5.41, 5.74) is 3.00. The summed E-state index contributed by atoms with van der Waals surface area (Å²) in [7, 11) is 1.69. The summed E-state index contributed by atoms with van der Waals surface area (Å²) in [4.78, 5) is 11.0. The number of hydrogen-bond donors (Lipinski definition) is 1. The second-order valence-corrected chi connectivity index (χ2v) is 4.69. The lowest BCUT2D eigenvalue weighted by Crippen LogP contribution is -2.43. The Hall–Kier alpha value is -2.14. The molecule has 1 aromatic heterocycles. The molecule has 2 aromatic rings. The van der Waals surface area contributed by atoms with Gasteiger partial charge in [-0.25, -0.2) is 9.97 Å². The van der Waals surface area contributed by atoms with Crippen LogP contribution in [0.3, 0.4) is 0 Å². The largest absolute Gasteiger partial charge is 0.496 e. The Morgan fingerprint density at radius 2 is 2.00 bits per heavy atom. The van der Waals surface area contributed by atoms with Gasteiger partial charge in [-0.1, -0.05) is 12.1 Å². The maximum absolute atomic E-state index is 5.45. The van der Waals surface area contributed by atoms with Gasteiger partial charge in [0, 0.05) is 31.7 Å².